The van der Waals surface area contributed by atoms with Gasteiger partial charge in [0.25, 0.3) is 0 Å². The third-order valence-electron chi connectivity index (χ3n) is 4.04. The highest BCUT2D eigenvalue weighted by Gasteiger charge is 2.61. The van der Waals surface area contributed by atoms with Gasteiger partial charge in [0.2, 0.25) is 0 Å². The molecule has 3 nitrogen and oxygen atoms in total. The fourth-order valence-corrected chi connectivity index (χ4v) is 3.26. The Morgan fingerprint density at radius 1 is 1.40 bits per heavy atom. The van der Waals surface area contributed by atoms with Crippen molar-refractivity contribution >= 4 is 15.9 Å². The van der Waals surface area contributed by atoms with E-state index in [0.717, 1.165) is 26.2 Å². The lowest BCUT2D eigenvalue weighted by atomic mass is 9.70. The number of alkyl halides is 1. The smallest absolute Gasteiger partial charge is 0.195 e. The first kappa shape index (κ1) is 10.3. The van der Waals surface area contributed by atoms with Crippen LogP contribution in [0.3, 0.4) is 0 Å². The SMILES string of the molecule is CC12CCOCC1COC21C=CC(Br)O1. The van der Waals surface area contributed by atoms with Crippen LogP contribution in [0.1, 0.15) is 13.3 Å². The average Bonchev–Trinajstić information content (AvgIpc) is 2.72. The Labute approximate surface area is 97.9 Å². The molecule has 2 saturated heterocycles. The Morgan fingerprint density at radius 2 is 2.27 bits per heavy atom. The molecule has 4 heteroatoms. The molecule has 3 aliphatic rings. The fourth-order valence-electron chi connectivity index (χ4n) is 2.83. The minimum atomic E-state index is -0.518. The van der Waals surface area contributed by atoms with Crippen LogP contribution in [0.4, 0.5) is 0 Å². The maximum absolute atomic E-state index is 5.91. The third-order valence-corrected chi connectivity index (χ3v) is 4.53. The van der Waals surface area contributed by atoms with E-state index in [2.05, 4.69) is 28.9 Å². The van der Waals surface area contributed by atoms with E-state index in [1.165, 1.54) is 0 Å². The van der Waals surface area contributed by atoms with E-state index in [4.69, 9.17) is 14.2 Å². The second-order valence-corrected chi connectivity index (χ2v) is 5.65. The molecule has 4 atom stereocenters. The summed E-state index contributed by atoms with van der Waals surface area (Å²) in [7, 11) is 0. The number of hydrogen-bond donors (Lipinski definition) is 0. The number of fused-ring (bicyclic) bond motifs is 2. The van der Waals surface area contributed by atoms with Crippen molar-refractivity contribution in [2.45, 2.75) is 24.1 Å². The van der Waals surface area contributed by atoms with Crippen LogP contribution in [0.25, 0.3) is 0 Å². The summed E-state index contributed by atoms with van der Waals surface area (Å²) in [4.78, 5) is 0. The zero-order chi connectivity index (χ0) is 10.5. The highest BCUT2D eigenvalue weighted by molar-refractivity contribution is 9.09. The normalized spacial score (nSPS) is 53.7. The van der Waals surface area contributed by atoms with Gasteiger partial charge in [0.05, 0.1) is 13.2 Å². The molecule has 84 valence electrons. The topological polar surface area (TPSA) is 27.7 Å². The van der Waals surface area contributed by atoms with Crippen molar-refractivity contribution in [3.8, 4) is 0 Å². The molecule has 1 spiro atoms. The summed E-state index contributed by atoms with van der Waals surface area (Å²) in [5, 5.41) is -0.0177. The average molecular weight is 275 g/mol. The summed E-state index contributed by atoms with van der Waals surface area (Å²) in [6.07, 6.45) is 5.09. The maximum atomic E-state index is 5.91. The molecule has 0 aliphatic carbocycles. The Balaban J connectivity index is 1.95. The van der Waals surface area contributed by atoms with Crippen molar-refractivity contribution in [1.82, 2.24) is 0 Å². The summed E-state index contributed by atoms with van der Waals surface area (Å²) < 4.78 is 17.3. The highest BCUT2D eigenvalue weighted by atomic mass is 79.9. The van der Waals surface area contributed by atoms with Gasteiger partial charge in [0.15, 0.2) is 5.79 Å². The zero-order valence-electron chi connectivity index (χ0n) is 8.74. The minimum Gasteiger partial charge on any atom is -0.381 e. The number of rotatable bonds is 0. The van der Waals surface area contributed by atoms with Gasteiger partial charge in [0, 0.05) is 17.9 Å². The second kappa shape index (κ2) is 3.29. The van der Waals surface area contributed by atoms with Gasteiger partial charge < -0.3 is 14.2 Å². The van der Waals surface area contributed by atoms with Gasteiger partial charge in [-0.25, -0.2) is 0 Å². The van der Waals surface area contributed by atoms with Crippen LogP contribution >= 0.6 is 15.9 Å². The summed E-state index contributed by atoms with van der Waals surface area (Å²) in [6.45, 7) is 4.59. The number of halogens is 1. The van der Waals surface area contributed by atoms with Gasteiger partial charge in [0.1, 0.15) is 5.01 Å². The molecule has 2 fully saturated rings. The standard InChI is InChI=1S/C11H15BrO3/c1-10-4-5-13-6-8(10)7-14-11(10)3-2-9(12)15-11/h2-3,8-9H,4-7H2,1H3. The molecule has 3 rings (SSSR count). The first-order valence-electron chi connectivity index (χ1n) is 5.39. The summed E-state index contributed by atoms with van der Waals surface area (Å²) in [5.74, 6) is -0.0657. The Morgan fingerprint density at radius 3 is 3.00 bits per heavy atom. The predicted octanol–water partition coefficient (Wildman–Crippen LogP) is 2.06. The Bertz CT molecular complexity index is 306. The lowest BCUT2D eigenvalue weighted by Gasteiger charge is -2.43. The molecule has 3 heterocycles. The molecule has 0 aromatic carbocycles. The summed E-state index contributed by atoms with van der Waals surface area (Å²) in [5.41, 5.74) is 0.0598. The van der Waals surface area contributed by atoms with Crippen LogP contribution in [-0.4, -0.2) is 30.6 Å². The van der Waals surface area contributed by atoms with Crippen molar-refractivity contribution in [2.75, 3.05) is 19.8 Å². The second-order valence-electron chi connectivity index (χ2n) is 4.75. The number of hydrogen-bond acceptors (Lipinski definition) is 3. The lowest BCUT2D eigenvalue weighted by Crippen LogP contribution is -2.49. The molecule has 0 amide bonds. The monoisotopic (exact) mass is 274 g/mol. The molecule has 0 N–H and O–H groups in total. The molecule has 0 radical (unpaired) electrons. The van der Waals surface area contributed by atoms with Crippen molar-refractivity contribution in [2.24, 2.45) is 11.3 Å². The minimum absolute atomic E-state index is 0.0177. The zero-order valence-corrected chi connectivity index (χ0v) is 10.3. The van der Waals surface area contributed by atoms with Crippen molar-refractivity contribution in [1.29, 1.82) is 0 Å². The fraction of sp³-hybridized carbons (Fsp3) is 0.818. The van der Waals surface area contributed by atoms with Crippen LogP contribution in [0.5, 0.6) is 0 Å². The summed E-state index contributed by atoms with van der Waals surface area (Å²) in [6, 6.07) is 0. The van der Waals surface area contributed by atoms with Gasteiger partial charge >= 0.3 is 0 Å². The van der Waals surface area contributed by atoms with Gasteiger partial charge in [-0.3, -0.25) is 0 Å². The first-order chi connectivity index (χ1) is 7.16. The van der Waals surface area contributed by atoms with Gasteiger partial charge in [-0.15, -0.1) is 0 Å². The highest BCUT2D eigenvalue weighted by Crippen LogP contribution is 2.55. The van der Waals surface area contributed by atoms with Crippen LogP contribution in [-0.2, 0) is 14.2 Å². The van der Waals surface area contributed by atoms with Gasteiger partial charge in [-0.2, -0.15) is 0 Å². The lowest BCUT2D eigenvalue weighted by molar-refractivity contribution is -0.222. The van der Waals surface area contributed by atoms with E-state index >= 15 is 0 Å². The van der Waals surface area contributed by atoms with Crippen LogP contribution < -0.4 is 0 Å². The van der Waals surface area contributed by atoms with Crippen molar-refractivity contribution in [3.05, 3.63) is 12.2 Å². The molecule has 0 aromatic heterocycles. The molecule has 4 unspecified atom stereocenters. The molecule has 0 aromatic rings. The molecule has 3 aliphatic heterocycles. The van der Waals surface area contributed by atoms with E-state index in [1.807, 2.05) is 6.08 Å². The predicted molar refractivity (Wildman–Crippen MR) is 58.7 cm³/mol. The first-order valence-corrected chi connectivity index (χ1v) is 6.31. The van der Waals surface area contributed by atoms with Crippen LogP contribution in [0, 0.1) is 11.3 Å². The molecule has 15 heavy (non-hydrogen) atoms. The number of ether oxygens (including phenoxy) is 3. The van der Waals surface area contributed by atoms with E-state index in [1.54, 1.807) is 0 Å². The maximum Gasteiger partial charge on any atom is 0.195 e. The Hall–Kier alpha value is 0.1000. The quantitative estimate of drug-likeness (QED) is 0.500. The van der Waals surface area contributed by atoms with Crippen molar-refractivity contribution < 1.29 is 14.2 Å². The van der Waals surface area contributed by atoms with Gasteiger partial charge in [-0.05, 0) is 18.6 Å². The third kappa shape index (κ3) is 1.28. The van der Waals surface area contributed by atoms with E-state index in [-0.39, 0.29) is 10.4 Å². The summed E-state index contributed by atoms with van der Waals surface area (Å²) >= 11 is 3.44. The largest absolute Gasteiger partial charge is 0.381 e. The van der Waals surface area contributed by atoms with E-state index in [0.29, 0.717) is 5.92 Å². The van der Waals surface area contributed by atoms with Gasteiger partial charge in [-0.1, -0.05) is 22.9 Å². The molecule has 0 saturated carbocycles. The van der Waals surface area contributed by atoms with E-state index in [9.17, 15) is 0 Å². The van der Waals surface area contributed by atoms with E-state index < -0.39 is 5.79 Å². The Kier molecular flexibility index (Phi) is 2.26. The molecular formula is C11H15BrO3. The molecule has 0 bridgehead atoms. The molecular weight excluding hydrogens is 260 g/mol. The van der Waals surface area contributed by atoms with Crippen LogP contribution in [0.2, 0.25) is 0 Å². The van der Waals surface area contributed by atoms with Crippen molar-refractivity contribution in [3.63, 3.8) is 0 Å². The van der Waals surface area contributed by atoms with Crippen LogP contribution in [0.15, 0.2) is 12.2 Å².